The molecule has 124 valence electrons. The minimum Gasteiger partial charge on any atom is -0.325 e. The maximum Gasteiger partial charge on any atom is 0.241 e. The van der Waals surface area contributed by atoms with Crippen LogP contribution < -0.4 is 11.1 Å². The van der Waals surface area contributed by atoms with E-state index >= 15 is 0 Å². The van der Waals surface area contributed by atoms with Crippen LogP contribution in [0.5, 0.6) is 0 Å². The van der Waals surface area contributed by atoms with E-state index in [4.69, 9.17) is 5.73 Å². The molecule has 5 nitrogen and oxygen atoms in total. The van der Waals surface area contributed by atoms with Crippen molar-refractivity contribution in [3.63, 3.8) is 0 Å². The summed E-state index contributed by atoms with van der Waals surface area (Å²) in [6.07, 6.45) is 0.604. The van der Waals surface area contributed by atoms with Crippen LogP contribution in [0, 0.1) is 5.92 Å². The van der Waals surface area contributed by atoms with Gasteiger partial charge in [0.05, 0.1) is 17.0 Å². The lowest BCUT2D eigenvalue weighted by molar-refractivity contribution is -0.117. The summed E-state index contributed by atoms with van der Waals surface area (Å²) in [5.41, 5.74) is 7.06. The van der Waals surface area contributed by atoms with Crippen LogP contribution in [-0.2, 0) is 20.4 Å². The number of nitrogens with two attached hydrogens (primary N) is 1. The van der Waals surface area contributed by atoms with Gasteiger partial charge in [0.25, 0.3) is 0 Å². The Balaban J connectivity index is 2.79. The summed E-state index contributed by atoms with van der Waals surface area (Å²) in [7, 11) is -3.17. The van der Waals surface area contributed by atoms with Gasteiger partial charge >= 0.3 is 0 Å². The Morgan fingerprint density at radius 1 is 1.23 bits per heavy atom. The maximum atomic E-state index is 12.0. The van der Waals surface area contributed by atoms with E-state index in [1.807, 2.05) is 13.8 Å². The van der Waals surface area contributed by atoms with Gasteiger partial charge in [0.1, 0.15) is 0 Å². The SMILES string of the molecule is CC(C)C[C@H](N)C(=O)Nc1cccc(CS(=O)(=O)C(C)C)c1. The van der Waals surface area contributed by atoms with E-state index in [-0.39, 0.29) is 11.7 Å². The normalized spacial score (nSPS) is 13.4. The lowest BCUT2D eigenvalue weighted by atomic mass is 10.0. The number of anilines is 1. The molecule has 0 saturated heterocycles. The summed E-state index contributed by atoms with van der Waals surface area (Å²) in [5, 5.41) is 2.32. The molecular formula is C16H26N2O3S. The number of sulfone groups is 1. The second-order valence-corrected chi connectivity index (χ2v) is 8.84. The second kappa shape index (κ2) is 7.74. The molecule has 0 bridgehead atoms. The highest BCUT2D eigenvalue weighted by atomic mass is 32.2. The zero-order valence-corrected chi connectivity index (χ0v) is 14.5. The van der Waals surface area contributed by atoms with Crippen molar-refractivity contribution in [2.45, 2.75) is 51.2 Å². The van der Waals surface area contributed by atoms with Crippen LogP contribution in [0.4, 0.5) is 5.69 Å². The molecule has 1 aromatic rings. The Bertz CT molecular complexity index is 610. The van der Waals surface area contributed by atoms with Crippen LogP contribution >= 0.6 is 0 Å². The third kappa shape index (κ3) is 5.77. The average molecular weight is 326 g/mol. The van der Waals surface area contributed by atoms with Crippen LogP contribution in [0.2, 0.25) is 0 Å². The van der Waals surface area contributed by atoms with E-state index in [9.17, 15) is 13.2 Å². The molecular weight excluding hydrogens is 300 g/mol. The number of hydrogen-bond donors (Lipinski definition) is 2. The number of hydrogen-bond acceptors (Lipinski definition) is 4. The van der Waals surface area contributed by atoms with Gasteiger partial charge in [-0.05, 0) is 43.9 Å². The first-order valence-corrected chi connectivity index (χ1v) is 9.20. The molecule has 0 aliphatic heterocycles. The molecule has 3 N–H and O–H groups in total. The molecule has 22 heavy (non-hydrogen) atoms. The second-order valence-electron chi connectivity index (χ2n) is 6.28. The summed E-state index contributed by atoms with van der Waals surface area (Å²) < 4.78 is 23.9. The molecule has 0 unspecified atom stereocenters. The number of carbonyl (C=O) groups excluding carboxylic acids is 1. The van der Waals surface area contributed by atoms with Crippen molar-refractivity contribution in [3.8, 4) is 0 Å². The topological polar surface area (TPSA) is 89.3 Å². The Kier molecular flexibility index (Phi) is 6.56. The zero-order valence-electron chi connectivity index (χ0n) is 13.7. The highest BCUT2D eigenvalue weighted by Gasteiger charge is 2.18. The first kappa shape index (κ1) is 18.6. The fourth-order valence-corrected chi connectivity index (χ4v) is 2.97. The quantitative estimate of drug-likeness (QED) is 0.804. The zero-order chi connectivity index (χ0) is 16.9. The van der Waals surface area contributed by atoms with E-state index in [2.05, 4.69) is 5.32 Å². The molecule has 0 radical (unpaired) electrons. The number of carbonyl (C=O) groups is 1. The summed E-state index contributed by atoms with van der Waals surface area (Å²) in [4.78, 5) is 12.0. The molecule has 0 saturated carbocycles. The van der Waals surface area contributed by atoms with Crippen LogP contribution in [-0.4, -0.2) is 25.6 Å². The van der Waals surface area contributed by atoms with Gasteiger partial charge in [0.15, 0.2) is 9.84 Å². The molecule has 1 atom stereocenters. The molecule has 1 rings (SSSR count). The van der Waals surface area contributed by atoms with Crippen molar-refractivity contribution in [1.82, 2.24) is 0 Å². The number of rotatable bonds is 7. The lowest BCUT2D eigenvalue weighted by Crippen LogP contribution is -2.36. The molecule has 1 amide bonds. The van der Waals surface area contributed by atoms with Crippen LogP contribution in [0.15, 0.2) is 24.3 Å². The summed E-state index contributed by atoms with van der Waals surface area (Å²) in [6.45, 7) is 7.33. The molecule has 0 spiro atoms. The number of amides is 1. The van der Waals surface area contributed by atoms with E-state index in [1.165, 1.54) is 0 Å². The van der Waals surface area contributed by atoms with Gasteiger partial charge in [-0.1, -0.05) is 26.0 Å². The van der Waals surface area contributed by atoms with E-state index in [1.54, 1.807) is 38.1 Å². The first-order valence-electron chi connectivity index (χ1n) is 7.48. The van der Waals surface area contributed by atoms with Gasteiger partial charge in [0, 0.05) is 5.69 Å². The van der Waals surface area contributed by atoms with Gasteiger partial charge in [-0.15, -0.1) is 0 Å². The van der Waals surface area contributed by atoms with E-state index in [0.29, 0.717) is 23.6 Å². The van der Waals surface area contributed by atoms with Crippen molar-refractivity contribution < 1.29 is 13.2 Å². The highest BCUT2D eigenvalue weighted by molar-refractivity contribution is 7.91. The summed E-state index contributed by atoms with van der Waals surface area (Å²) in [5.74, 6) is 0.0488. The van der Waals surface area contributed by atoms with Crippen LogP contribution in [0.3, 0.4) is 0 Å². The summed E-state index contributed by atoms with van der Waals surface area (Å²) >= 11 is 0. The molecule has 0 heterocycles. The van der Waals surface area contributed by atoms with Crippen LogP contribution in [0.1, 0.15) is 39.7 Å². The third-order valence-corrected chi connectivity index (χ3v) is 5.51. The molecule has 0 aliphatic rings. The lowest BCUT2D eigenvalue weighted by Gasteiger charge is -2.15. The van der Waals surface area contributed by atoms with E-state index < -0.39 is 21.1 Å². The van der Waals surface area contributed by atoms with Crippen LogP contribution in [0.25, 0.3) is 0 Å². The Hall–Kier alpha value is -1.40. The minimum absolute atomic E-state index is 0.0353. The number of nitrogens with one attached hydrogen (secondary N) is 1. The molecule has 0 aromatic heterocycles. The summed E-state index contributed by atoms with van der Waals surface area (Å²) in [6, 6.07) is 6.31. The predicted molar refractivity (Wildman–Crippen MR) is 90.3 cm³/mol. The predicted octanol–water partition coefficient (Wildman–Crippen LogP) is 2.32. The van der Waals surface area contributed by atoms with Gasteiger partial charge in [-0.2, -0.15) is 0 Å². The molecule has 0 fully saturated rings. The fraction of sp³-hybridized carbons (Fsp3) is 0.562. The minimum atomic E-state index is -3.17. The van der Waals surface area contributed by atoms with E-state index in [0.717, 1.165) is 0 Å². The monoisotopic (exact) mass is 326 g/mol. The third-order valence-electron chi connectivity index (χ3n) is 3.34. The largest absolute Gasteiger partial charge is 0.325 e. The van der Waals surface area contributed by atoms with Crippen molar-refractivity contribution in [1.29, 1.82) is 0 Å². The standard InChI is InChI=1S/C16H26N2O3S/c1-11(2)8-15(17)16(19)18-14-7-5-6-13(9-14)10-22(20,21)12(3)4/h5-7,9,11-12,15H,8,10,17H2,1-4H3,(H,18,19)/t15-/m0/s1. The molecule has 1 aromatic carbocycles. The average Bonchev–Trinajstić information content (AvgIpc) is 2.37. The molecule has 0 aliphatic carbocycles. The Morgan fingerprint density at radius 3 is 2.41 bits per heavy atom. The van der Waals surface area contributed by atoms with Crippen molar-refractivity contribution in [2.75, 3.05) is 5.32 Å². The van der Waals surface area contributed by atoms with Crippen molar-refractivity contribution in [3.05, 3.63) is 29.8 Å². The molecule has 6 heteroatoms. The Labute approximate surface area is 133 Å². The maximum absolute atomic E-state index is 12.0. The van der Waals surface area contributed by atoms with Crippen molar-refractivity contribution >= 4 is 21.4 Å². The van der Waals surface area contributed by atoms with Gasteiger partial charge in [-0.3, -0.25) is 4.79 Å². The fourth-order valence-electron chi connectivity index (χ4n) is 1.99. The highest BCUT2D eigenvalue weighted by Crippen LogP contribution is 2.16. The smallest absolute Gasteiger partial charge is 0.241 e. The Morgan fingerprint density at radius 2 is 1.86 bits per heavy atom. The van der Waals surface area contributed by atoms with Gasteiger partial charge < -0.3 is 11.1 Å². The van der Waals surface area contributed by atoms with Gasteiger partial charge in [0.2, 0.25) is 5.91 Å². The van der Waals surface area contributed by atoms with Crippen molar-refractivity contribution in [2.24, 2.45) is 11.7 Å². The first-order chi connectivity index (χ1) is 10.1. The van der Waals surface area contributed by atoms with Gasteiger partial charge in [-0.25, -0.2) is 8.42 Å². The number of benzene rings is 1.